The minimum Gasteiger partial charge on any atom is -0.498 e. The summed E-state index contributed by atoms with van der Waals surface area (Å²) in [5.41, 5.74) is 0. The fraction of sp³-hybridized carbons (Fsp3) is 0.429. The van der Waals surface area contributed by atoms with Crippen molar-refractivity contribution in [3.63, 3.8) is 0 Å². The Morgan fingerprint density at radius 2 is 2.40 bits per heavy atom. The van der Waals surface area contributed by atoms with Gasteiger partial charge in [-0.05, 0) is 6.08 Å². The fourth-order valence-electron chi connectivity index (χ4n) is 0.802. The van der Waals surface area contributed by atoms with Gasteiger partial charge in [0.15, 0.2) is 0 Å². The van der Waals surface area contributed by atoms with E-state index >= 15 is 0 Å². The molecule has 0 atom stereocenters. The summed E-state index contributed by atoms with van der Waals surface area (Å²) in [4.78, 5) is 2.00. The minimum atomic E-state index is 0.695. The van der Waals surface area contributed by atoms with E-state index in [1.54, 1.807) is 7.11 Å². The molecule has 0 unspecified atom stereocenters. The van der Waals surface area contributed by atoms with Crippen LogP contribution in [-0.2, 0) is 4.74 Å². The first-order chi connectivity index (χ1) is 4.74. The van der Waals surface area contributed by atoms with Gasteiger partial charge in [-0.1, -0.05) is 11.6 Å². The van der Waals surface area contributed by atoms with E-state index in [4.69, 9.17) is 16.3 Å². The average Bonchev–Trinajstić information content (AvgIpc) is 1.94. The number of allylic oxidation sites excluding steroid dienone is 2. The molecule has 1 aliphatic heterocycles. The Kier molecular flexibility index (Phi) is 2.22. The van der Waals surface area contributed by atoms with Crippen LogP contribution < -0.4 is 0 Å². The maximum absolute atomic E-state index is 5.79. The van der Waals surface area contributed by atoms with Gasteiger partial charge in [-0.2, -0.15) is 0 Å². The summed E-state index contributed by atoms with van der Waals surface area (Å²) in [6, 6.07) is 0. The Morgan fingerprint density at radius 3 is 2.90 bits per heavy atom. The van der Waals surface area contributed by atoms with Crippen LogP contribution in [0.4, 0.5) is 0 Å². The van der Waals surface area contributed by atoms with E-state index in [-0.39, 0.29) is 0 Å². The third-order valence-electron chi connectivity index (χ3n) is 1.38. The molecule has 0 radical (unpaired) electrons. The van der Waals surface area contributed by atoms with Crippen molar-refractivity contribution < 1.29 is 4.74 Å². The molecule has 1 aliphatic rings. The molecule has 10 heavy (non-hydrogen) atoms. The van der Waals surface area contributed by atoms with Crippen molar-refractivity contribution in [2.45, 2.75) is 0 Å². The quantitative estimate of drug-likeness (QED) is 0.576. The summed E-state index contributed by atoms with van der Waals surface area (Å²) >= 11 is 5.79. The van der Waals surface area contributed by atoms with Gasteiger partial charge in [0.05, 0.1) is 18.7 Å². The summed E-state index contributed by atoms with van der Waals surface area (Å²) in [6.07, 6.45) is 3.74. The van der Waals surface area contributed by atoms with Crippen LogP contribution in [0.1, 0.15) is 0 Å². The van der Waals surface area contributed by atoms with Gasteiger partial charge in [0.1, 0.15) is 5.76 Å². The SMILES string of the molecule is COC1=C(Cl)C=CN(C)C1. The second-order valence-corrected chi connectivity index (χ2v) is 2.61. The summed E-state index contributed by atoms with van der Waals surface area (Å²) < 4.78 is 5.03. The zero-order chi connectivity index (χ0) is 7.56. The van der Waals surface area contributed by atoms with Crippen LogP contribution >= 0.6 is 11.6 Å². The highest BCUT2D eigenvalue weighted by Gasteiger charge is 2.08. The predicted molar refractivity (Wildman–Crippen MR) is 41.7 cm³/mol. The molecule has 0 aromatic carbocycles. The van der Waals surface area contributed by atoms with E-state index in [1.807, 2.05) is 24.2 Å². The Balaban J connectivity index is 2.74. The van der Waals surface area contributed by atoms with E-state index < -0.39 is 0 Å². The normalized spacial score (nSPS) is 18.1. The van der Waals surface area contributed by atoms with Crippen molar-refractivity contribution in [3.05, 3.63) is 23.1 Å². The lowest BCUT2D eigenvalue weighted by Gasteiger charge is -2.19. The molecule has 56 valence electrons. The Bertz CT molecular complexity index is 186. The highest BCUT2D eigenvalue weighted by atomic mass is 35.5. The maximum atomic E-state index is 5.79. The second kappa shape index (κ2) is 2.97. The summed E-state index contributed by atoms with van der Waals surface area (Å²) in [5.74, 6) is 0.826. The number of hydrogen-bond donors (Lipinski definition) is 0. The third-order valence-corrected chi connectivity index (χ3v) is 1.72. The lowest BCUT2D eigenvalue weighted by Crippen LogP contribution is -2.18. The number of rotatable bonds is 1. The van der Waals surface area contributed by atoms with Crippen LogP contribution in [0, 0.1) is 0 Å². The zero-order valence-corrected chi connectivity index (χ0v) is 6.85. The Morgan fingerprint density at radius 1 is 1.70 bits per heavy atom. The second-order valence-electron chi connectivity index (χ2n) is 2.21. The molecule has 0 saturated carbocycles. The van der Waals surface area contributed by atoms with Crippen molar-refractivity contribution in [3.8, 4) is 0 Å². The number of halogens is 1. The molecule has 1 heterocycles. The molecular weight excluding hydrogens is 150 g/mol. The van der Waals surface area contributed by atoms with Crippen LogP contribution in [0.15, 0.2) is 23.1 Å². The largest absolute Gasteiger partial charge is 0.498 e. The van der Waals surface area contributed by atoms with Crippen molar-refractivity contribution >= 4 is 11.6 Å². The molecule has 0 aromatic rings. The average molecular weight is 160 g/mol. The van der Waals surface area contributed by atoms with Crippen molar-refractivity contribution in [1.29, 1.82) is 0 Å². The monoisotopic (exact) mass is 159 g/mol. The molecular formula is C7H10ClNO. The van der Waals surface area contributed by atoms with E-state index in [9.17, 15) is 0 Å². The van der Waals surface area contributed by atoms with Gasteiger partial charge in [0.2, 0.25) is 0 Å². The highest BCUT2D eigenvalue weighted by Crippen LogP contribution is 2.17. The predicted octanol–water partition coefficient (Wildman–Crippen LogP) is 1.54. The molecule has 0 amide bonds. The van der Waals surface area contributed by atoms with Gasteiger partial charge in [-0.15, -0.1) is 0 Å². The molecule has 0 spiro atoms. The fourth-order valence-corrected chi connectivity index (χ4v) is 0.996. The molecule has 0 saturated heterocycles. The number of likely N-dealkylation sites (N-methyl/N-ethyl adjacent to an activating group) is 1. The van der Waals surface area contributed by atoms with Gasteiger partial charge >= 0.3 is 0 Å². The number of nitrogens with zero attached hydrogens (tertiary/aromatic N) is 1. The number of methoxy groups -OCH3 is 1. The van der Waals surface area contributed by atoms with Gasteiger partial charge in [-0.25, -0.2) is 0 Å². The standard InChI is InChI=1S/C7H10ClNO/c1-9-4-3-6(8)7(5-9)10-2/h3-4H,5H2,1-2H3. The van der Waals surface area contributed by atoms with Crippen molar-refractivity contribution in [2.24, 2.45) is 0 Å². The number of hydrogen-bond acceptors (Lipinski definition) is 2. The molecule has 3 heteroatoms. The maximum Gasteiger partial charge on any atom is 0.133 e. The topological polar surface area (TPSA) is 12.5 Å². The van der Waals surface area contributed by atoms with E-state index in [0.29, 0.717) is 5.03 Å². The van der Waals surface area contributed by atoms with Gasteiger partial charge in [0, 0.05) is 13.2 Å². The van der Waals surface area contributed by atoms with Crippen LogP contribution in [0.25, 0.3) is 0 Å². The first-order valence-electron chi connectivity index (χ1n) is 3.05. The van der Waals surface area contributed by atoms with Crippen molar-refractivity contribution in [1.82, 2.24) is 4.90 Å². The molecule has 0 aromatic heterocycles. The Labute approximate surface area is 65.7 Å². The van der Waals surface area contributed by atoms with E-state index in [2.05, 4.69) is 0 Å². The van der Waals surface area contributed by atoms with Crippen LogP contribution in [-0.4, -0.2) is 25.6 Å². The smallest absolute Gasteiger partial charge is 0.133 e. The Hall–Kier alpha value is -0.630. The third kappa shape index (κ3) is 1.45. The van der Waals surface area contributed by atoms with Crippen LogP contribution in [0.3, 0.4) is 0 Å². The number of ether oxygens (including phenoxy) is 1. The minimum absolute atomic E-state index is 0.695. The highest BCUT2D eigenvalue weighted by molar-refractivity contribution is 6.31. The molecule has 1 rings (SSSR count). The summed E-state index contributed by atoms with van der Waals surface area (Å²) in [7, 11) is 3.60. The molecule has 2 nitrogen and oxygen atoms in total. The van der Waals surface area contributed by atoms with Gasteiger partial charge in [0.25, 0.3) is 0 Å². The van der Waals surface area contributed by atoms with Crippen LogP contribution in [0.5, 0.6) is 0 Å². The van der Waals surface area contributed by atoms with E-state index in [1.165, 1.54) is 0 Å². The van der Waals surface area contributed by atoms with Crippen LogP contribution in [0.2, 0.25) is 0 Å². The van der Waals surface area contributed by atoms with Gasteiger partial charge < -0.3 is 9.64 Å². The van der Waals surface area contributed by atoms with Gasteiger partial charge in [-0.3, -0.25) is 0 Å². The summed E-state index contributed by atoms with van der Waals surface area (Å²) in [6.45, 7) is 0.756. The molecule has 0 N–H and O–H groups in total. The first-order valence-corrected chi connectivity index (χ1v) is 3.43. The first kappa shape index (κ1) is 7.48. The zero-order valence-electron chi connectivity index (χ0n) is 6.10. The van der Waals surface area contributed by atoms with E-state index in [0.717, 1.165) is 12.3 Å². The lowest BCUT2D eigenvalue weighted by atomic mass is 10.3. The lowest BCUT2D eigenvalue weighted by molar-refractivity contribution is 0.252. The molecule has 0 aliphatic carbocycles. The molecule has 0 fully saturated rings. The summed E-state index contributed by atoms with van der Waals surface area (Å²) in [5, 5.41) is 0.695. The van der Waals surface area contributed by atoms with Crippen molar-refractivity contribution in [2.75, 3.05) is 20.7 Å². The molecule has 0 bridgehead atoms.